The van der Waals surface area contributed by atoms with Crippen molar-refractivity contribution in [1.29, 1.82) is 0 Å². The second-order valence-electron chi connectivity index (χ2n) is 5.61. The van der Waals surface area contributed by atoms with Crippen molar-refractivity contribution in [3.8, 4) is 0 Å². The van der Waals surface area contributed by atoms with Crippen LogP contribution in [0.15, 0.2) is 24.3 Å². The van der Waals surface area contributed by atoms with Crippen LogP contribution < -0.4 is 10.6 Å². The topological polar surface area (TPSA) is 78.5 Å². The van der Waals surface area contributed by atoms with Crippen LogP contribution in [-0.4, -0.2) is 35.3 Å². The summed E-state index contributed by atoms with van der Waals surface area (Å²) in [6.07, 6.45) is 0.555. The summed E-state index contributed by atoms with van der Waals surface area (Å²) < 4.78 is 0. The van der Waals surface area contributed by atoms with Gasteiger partial charge in [-0.15, -0.1) is 0 Å². The molecule has 1 aliphatic rings. The minimum Gasteiger partial charge on any atom is -0.326 e. The van der Waals surface area contributed by atoms with Crippen LogP contribution in [0.2, 0.25) is 5.02 Å². The third-order valence-electron chi connectivity index (χ3n) is 3.24. The molecule has 118 valence electrons. The predicted octanol–water partition coefficient (Wildman–Crippen LogP) is 2.25. The van der Waals surface area contributed by atoms with Crippen LogP contribution in [0.25, 0.3) is 0 Å². The SMILES string of the molecule is CC(C)C[C@@H]1NC(=O)N(CC(=O)Nc2ccc(Cl)cc2)C1=O. The number of hydrogen-bond acceptors (Lipinski definition) is 3. The number of hydrogen-bond donors (Lipinski definition) is 2. The van der Waals surface area contributed by atoms with Crippen LogP contribution in [0.4, 0.5) is 10.5 Å². The van der Waals surface area contributed by atoms with Crippen LogP contribution in [0.5, 0.6) is 0 Å². The molecule has 0 saturated carbocycles. The van der Waals surface area contributed by atoms with Crippen LogP contribution in [0, 0.1) is 5.92 Å². The molecule has 4 amide bonds. The normalized spacial score (nSPS) is 17.8. The van der Waals surface area contributed by atoms with E-state index in [9.17, 15) is 14.4 Å². The predicted molar refractivity (Wildman–Crippen MR) is 83.6 cm³/mol. The largest absolute Gasteiger partial charge is 0.326 e. The molecule has 0 aromatic heterocycles. The Balaban J connectivity index is 1.95. The van der Waals surface area contributed by atoms with Gasteiger partial charge in [-0.1, -0.05) is 25.4 Å². The van der Waals surface area contributed by atoms with E-state index in [1.165, 1.54) is 0 Å². The van der Waals surface area contributed by atoms with Gasteiger partial charge in [0.25, 0.3) is 5.91 Å². The lowest BCUT2D eigenvalue weighted by Gasteiger charge is -2.13. The Bertz CT molecular complexity index is 586. The quantitative estimate of drug-likeness (QED) is 0.816. The number of nitrogens with zero attached hydrogens (tertiary/aromatic N) is 1. The second kappa shape index (κ2) is 6.79. The van der Waals surface area contributed by atoms with E-state index in [1.807, 2.05) is 13.8 Å². The summed E-state index contributed by atoms with van der Waals surface area (Å²) in [6.45, 7) is 3.63. The van der Waals surface area contributed by atoms with Crippen molar-refractivity contribution < 1.29 is 14.4 Å². The first-order chi connectivity index (χ1) is 10.4. The Kier molecular flexibility index (Phi) is 5.03. The van der Waals surface area contributed by atoms with Gasteiger partial charge in [-0.3, -0.25) is 14.5 Å². The van der Waals surface area contributed by atoms with Gasteiger partial charge in [0, 0.05) is 10.7 Å². The third-order valence-corrected chi connectivity index (χ3v) is 3.50. The number of carbonyl (C=O) groups excluding carboxylic acids is 3. The van der Waals surface area contributed by atoms with Gasteiger partial charge in [-0.25, -0.2) is 4.79 Å². The highest BCUT2D eigenvalue weighted by atomic mass is 35.5. The summed E-state index contributed by atoms with van der Waals surface area (Å²) in [5.74, 6) is -0.516. The molecule has 0 bridgehead atoms. The highest BCUT2D eigenvalue weighted by Crippen LogP contribution is 2.15. The number of urea groups is 1. The lowest BCUT2D eigenvalue weighted by atomic mass is 10.0. The molecule has 0 aliphatic carbocycles. The Morgan fingerprint density at radius 3 is 2.55 bits per heavy atom. The zero-order valence-electron chi connectivity index (χ0n) is 12.4. The van der Waals surface area contributed by atoms with Crippen LogP contribution >= 0.6 is 11.6 Å². The number of anilines is 1. The lowest BCUT2D eigenvalue weighted by Crippen LogP contribution is -2.38. The molecule has 1 heterocycles. The van der Waals surface area contributed by atoms with Crippen molar-refractivity contribution in [3.05, 3.63) is 29.3 Å². The number of imide groups is 1. The maximum Gasteiger partial charge on any atom is 0.325 e. The molecule has 22 heavy (non-hydrogen) atoms. The van der Waals surface area contributed by atoms with E-state index < -0.39 is 18.0 Å². The summed E-state index contributed by atoms with van der Waals surface area (Å²) in [5.41, 5.74) is 0.556. The fourth-order valence-corrected chi connectivity index (χ4v) is 2.36. The van der Waals surface area contributed by atoms with Gasteiger partial charge in [-0.2, -0.15) is 0 Å². The lowest BCUT2D eigenvalue weighted by molar-refractivity contribution is -0.131. The Morgan fingerprint density at radius 1 is 1.32 bits per heavy atom. The highest BCUT2D eigenvalue weighted by Gasteiger charge is 2.38. The van der Waals surface area contributed by atoms with Crippen LogP contribution in [0.1, 0.15) is 20.3 Å². The molecule has 7 heteroatoms. The highest BCUT2D eigenvalue weighted by molar-refractivity contribution is 6.30. The molecule has 2 rings (SSSR count). The van der Waals surface area contributed by atoms with Gasteiger partial charge >= 0.3 is 6.03 Å². The molecule has 1 atom stereocenters. The molecule has 1 aliphatic heterocycles. The van der Waals surface area contributed by atoms with E-state index in [0.717, 1.165) is 4.90 Å². The zero-order chi connectivity index (χ0) is 16.3. The summed E-state index contributed by atoms with van der Waals surface area (Å²) in [5, 5.41) is 5.78. The molecule has 0 spiro atoms. The standard InChI is InChI=1S/C15H18ClN3O3/c1-9(2)7-12-14(21)19(15(22)18-12)8-13(20)17-11-5-3-10(16)4-6-11/h3-6,9,12H,7-8H2,1-2H3,(H,17,20)(H,18,22)/t12-/m0/s1. The minimum atomic E-state index is -0.546. The van der Waals surface area contributed by atoms with E-state index in [2.05, 4.69) is 10.6 Å². The average molecular weight is 324 g/mol. The molecule has 1 aromatic carbocycles. The zero-order valence-corrected chi connectivity index (χ0v) is 13.2. The first kappa shape index (κ1) is 16.3. The monoisotopic (exact) mass is 323 g/mol. The van der Waals surface area contributed by atoms with E-state index in [4.69, 9.17) is 11.6 Å². The van der Waals surface area contributed by atoms with E-state index in [0.29, 0.717) is 17.1 Å². The number of benzene rings is 1. The van der Waals surface area contributed by atoms with E-state index >= 15 is 0 Å². The average Bonchev–Trinajstić information content (AvgIpc) is 2.68. The summed E-state index contributed by atoms with van der Waals surface area (Å²) in [7, 11) is 0. The van der Waals surface area contributed by atoms with Gasteiger partial charge < -0.3 is 10.6 Å². The van der Waals surface area contributed by atoms with Gasteiger partial charge in [0.2, 0.25) is 5.91 Å². The smallest absolute Gasteiger partial charge is 0.325 e. The number of rotatable bonds is 5. The molecule has 6 nitrogen and oxygen atoms in total. The maximum absolute atomic E-state index is 12.1. The van der Waals surface area contributed by atoms with Gasteiger partial charge in [0.15, 0.2) is 0 Å². The summed E-state index contributed by atoms with van der Waals surface area (Å²) >= 11 is 5.76. The number of nitrogens with one attached hydrogen (secondary N) is 2. The maximum atomic E-state index is 12.1. The molecule has 0 unspecified atom stereocenters. The van der Waals surface area contributed by atoms with Crippen LogP contribution in [-0.2, 0) is 9.59 Å². The molecule has 1 aromatic rings. The first-order valence-electron chi connectivity index (χ1n) is 7.04. The Morgan fingerprint density at radius 2 is 1.95 bits per heavy atom. The number of halogens is 1. The summed E-state index contributed by atoms with van der Waals surface area (Å²) in [6, 6.07) is 5.51. The molecule has 1 saturated heterocycles. The third kappa shape index (κ3) is 3.98. The molecular formula is C15H18ClN3O3. The molecule has 0 radical (unpaired) electrons. The van der Waals surface area contributed by atoms with Crippen molar-refractivity contribution in [2.24, 2.45) is 5.92 Å². The van der Waals surface area contributed by atoms with Crippen molar-refractivity contribution in [2.45, 2.75) is 26.3 Å². The molecule has 1 fully saturated rings. The Hall–Kier alpha value is -2.08. The fraction of sp³-hybridized carbons (Fsp3) is 0.400. The van der Waals surface area contributed by atoms with Crippen LogP contribution in [0.3, 0.4) is 0 Å². The molecule has 2 N–H and O–H groups in total. The molecular weight excluding hydrogens is 306 g/mol. The number of carbonyl (C=O) groups is 3. The number of amides is 4. The first-order valence-corrected chi connectivity index (χ1v) is 7.42. The van der Waals surface area contributed by atoms with Crippen molar-refractivity contribution >= 4 is 35.1 Å². The fourth-order valence-electron chi connectivity index (χ4n) is 2.24. The van der Waals surface area contributed by atoms with Gasteiger partial charge in [0.05, 0.1) is 0 Å². The van der Waals surface area contributed by atoms with Gasteiger partial charge in [0.1, 0.15) is 12.6 Å². The Labute approximate surface area is 133 Å². The minimum absolute atomic E-state index is 0.275. The second-order valence-corrected chi connectivity index (χ2v) is 6.05. The van der Waals surface area contributed by atoms with Crippen molar-refractivity contribution in [3.63, 3.8) is 0 Å². The van der Waals surface area contributed by atoms with Gasteiger partial charge in [-0.05, 0) is 36.6 Å². The van der Waals surface area contributed by atoms with E-state index in [-0.39, 0.29) is 18.4 Å². The van der Waals surface area contributed by atoms with Crippen molar-refractivity contribution in [1.82, 2.24) is 10.2 Å². The van der Waals surface area contributed by atoms with Crippen molar-refractivity contribution in [2.75, 3.05) is 11.9 Å². The summed E-state index contributed by atoms with van der Waals surface area (Å²) in [4.78, 5) is 36.8. The van der Waals surface area contributed by atoms with E-state index in [1.54, 1.807) is 24.3 Å².